The van der Waals surface area contributed by atoms with Gasteiger partial charge in [0.15, 0.2) is 0 Å². The molecule has 0 radical (unpaired) electrons. The van der Waals surface area contributed by atoms with Crippen LogP contribution in [0.25, 0.3) is 0 Å². The first-order chi connectivity index (χ1) is 12.1. The van der Waals surface area contributed by atoms with Crippen LogP contribution in [0.4, 0.5) is 0 Å². The molecule has 2 heterocycles. The zero-order chi connectivity index (χ0) is 17.4. The zero-order valence-corrected chi connectivity index (χ0v) is 15.8. The quantitative estimate of drug-likeness (QED) is 0.842. The molecule has 25 heavy (non-hydrogen) atoms. The highest BCUT2D eigenvalue weighted by atomic mass is 32.2. The third-order valence-corrected chi connectivity index (χ3v) is 8.12. The molecular formula is C19H29N3O2S. The Kier molecular flexibility index (Phi) is 4.88. The Hall–Kier alpha value is -0.950. The molecule has 0 amide bonds. The number of nitrogens with zero attached hydrogens (tertiary/aromatic N) is 2. The molecule has 2 aliphatic heterocycles. The van der Waals surface area contributed by atoms with Gasteiger partial charge in [0.2, 0.25) is 10.0 Å². The Labute approximate surface area is 151 Å². The van der Waals surface area contributed by atoms with Crippen molar-refractivity contribution in [1.29, 1.82) is 0 Å². The molecule has 1 aromatic carbocycles. The second-order valence-corrected chi connectivity index (χ2v) is 9.60. The number of rotatable bonds is 6. The molecule has 1 N–H and O–H groups in total. The number of likely N-dealkylation sites (N-methyl/N-ethyl adjacent to an activating group) is 1. The van der Waals surface area contributed by atoms with E-state index in [9.17, 15) is 8.42 Å². The standard InChI is InChI=1S/C19H29N3O2S/c1-2-21-13-18-11-17(21)14-22(18)25(23,24)19-9-7-15(8-10-19)12-20-16-5-3-4-6-16/h7-10,16-18,20H,2-6,11-14H2,1H3/t17-,18-/m1/s1. The summed E-state index contributed by atoms with van der Waals surface area (Å²) in [5.41, 5.74) is 1.16. The Morgan fingerprint density at radius 3 is 2.40 bits per heavy atom. The summed E-state index contributed by atoms with van der Waals surface area (Å²) in [7, 11) is -3.36. The van der Waals surface area contributed by atoms with E-state index in [-0.39, 0.29) is 6.04 Å². The Bertz CT molecular complexity index is 698. The summed E-state index contributed by atoms with van der Waals surface area (Å²) in [4.78, 5) is 2.83. The lowest BCUT2D eigenvalue weighted by Gasteiger charge is -2.32. The molecule has 1 saturated carbocycles. The number of nitrogens with one attached hydrogen (secondary N) is 1. The van der Waals surface area contributed by atoms with Crippen molar-refractivity contribution in [2.75, 3.05) is 19.6 Å². The molecule has 138 valence electrons. The number of benzene rings is 1. The first kappa shape index (κ1) is 17.5. The van der Waals surface area contributed by atoms with Crippen LogP contribution < -0.4 is 5.32 Å². The van der Waals surface area contributed by atoms with Crippen LogP contribution >= 0.6 is 0 Å². The lowest BCUT2D eigenvalue weighted by atomic mass is 10.2. The van der Waals surface area contributed by atoms with Crippen molar-refractivity contribution in [2.24, 2.45) is 0 Å². The molecule has 2 saturated heterocycles. The average molecular weight is 364 g/mol. The van der Waals surface area contributed by atoms with Gasteiger partial charge < -0.3 is 5.32 Å². The van der Waals surface area contributed by atoms with E-state index in [0.717, 1.165) is 31.6 Å². The van der Waals surface area contributed by atoms with Crippen molar-refractivity contribution < 1.29 is 8.42 Å². The van der Waals surface area contributed by atoms with E-state index in [1.807, 2.05) is 12.1 Å². The van der Waals surface area contributed by atoms with Crippen LogP contribution in [0.3, 0.4) is 0 Å². The monoisotopic (exact) mass is 363 g/mol. The van der Waals surface area contributed by atoms with E-state index >= 15 is 0 Å². The van der Waals surface area contributed by atoms with Gasteiger partial charge in [0, 0.05) is 37.8 Å². The molecule has 1 aromatic rings. The van der Waals surface area contributed by atoms with Crippen molar-refractivity contribution in [3.05, 3.63) is 29.8 Å². The van der Waals surface area contributed by atoms with Crippen molar-refractivity contribution in [1.82, 2.24) is 14.5 Å². The number of hydrogen-bond acceptors (Lipinski definition) is 4. The molecular weight excluding hydrogens is 334 g/mol. The van der Waals surface area contributed by atoms with Gasteiger partial charge in [-0.3, -0.25) is 4.90 Å². The Morgan fingerprint density at radius 1 is 1.08 bits per heavy atom. The van der Waals surface area contributed by atoms with E-state index in [1.165, 1.54) is 25.7 Å². The third kappa shape index (κ3) is 3.37. The molecule has 6 heteroatoms. The topological polar surface area (TPSA) is 52.7 Å². The minimum absolute atomic E-state index is 0.152. The minimum atomic E-state index is -3.36. The number of hydrogen-bond donors (Lipinski definition) is 1. The predicted octanol–water partition coefficient (Wildman–Crippen LogP) is 2.19. The summed E-state index contributed by atoms with van der Waals surface area (Å²) in [6, 6.07) is 8.67. The van der Waals surface area contributed by atoms with Gasteiger partial charge in [0.1, 0.15) is 0 Å². The van der Waals surface area contributed by atoms with Gasteiger partial charge in [-0.15, -0.1) is 0 Å². The van der Waals surface area contributed by atoms with Crippen LogP contribution in [0.1, 0.15) is 44.6 Å². The van der Waals surface area contributed by atoms with Gasteiger partial charge in [-0.1, -0.05) is 31.9 Å². The molecule has 1 aliphatic carbocycles. The Morgan fingerprint density at radius 2 is 1.80 bits per heavy atom. The van der Waals surface area contributed by atoms with Crippen LogP contribution in [-0.2, 0) is 16.6 Å². The fourth-order valence-corrected chi connectivity index (χ4v) is 6.37. The van der Waals surface area contributed by atoms with E-state index in [0.29, 0.717) is 23.5 Å². The summed E-state index contributed by atoms with van der Waals surface area (Å²) in [5, 5.41) is 3.58. The first-order valence-corrected chi connectivity index (χ1v) is 11.1. The molecule has 5 nitrogen and oxygen atoms in total. The summed E-state index contributed by atoms with van der Waals surface area (Å²) < 4.78 is 27.7. The largest absolute Gasteiger partial charge is 0.310 e. The van der Waals surface area contributed by atoms with Crippen LogP contribution in [0.15, 0.2) is 29.2 Å². The maximum Gasteiger partial charge on any atom is 0.243 e. The molecule has 2 atom stereocenters. The van der Waals surface area contributed by atoms with E-state index < -0.39 is 10.0 Å². The first-order valence-electron chi connectivity index (χ1n) is 9.66. The molecule has 3 aliphatic rings. The van der Waals surface area contributed by atoms with Crippen molar-refractivity contribution in [3.63, 3.8) is 0 Å². The number of fused-ring (bicyclic) bond motifs is 2. The van der Waals surface area contributed by atoms with Gasteiger partial charge in [-0.2, -0.15) is 4.31 Å². The van der Waals surface area contributed by atoms with Gasteiger partial charge in [-0.25, -0.2) is 8.42 Å². The lowest BCUT2D eigenvalue weighted by Crippen LogP contribution is -2.48. The van der Waals surface area contributed by atoms with Crippen LogP contribution in [0.5, 0.6) is 0 Å². The molecule has 0 spiro atoms. The van der Waals surface area contributed by atoms with Gasteiger partial charge >= 0.3 is 0 Å². The summed E-state index contributed by atoms with van der Waals surface area (Å²) in [6.07, 6.45) is 6.15. The highest BCUT2D eigenvalue weighted by Gasteiger charge is 2.47. The fraction of sp³-hybridized carbons (Fsp3) is 0.684. The molecule has 3 fully saturated rings. The number of piperazine rings is 1. The van der Waals surface area contributed by atoms with E-state index in [4.69, 9.17) is 0 Å². The smallest absolute Gasteiger partial charge is 0.243 e. The molecule has 2 bridgehead atoms. The number of likely N-dealkylation sites (tertiary alicyclic amines) is 1. The van der Waals surface area contributed by atoms with Crippen molar-refractivity contribution in [2.45, 2.75) is 68.6 Å². The molecule has 4 rings (SSSR count). The predicted molar refractivity (Wildman–Crippen MR) is 98.9 cm³/mol. The molecule has 0 unspecified atom stereocenters. The van der Waals surface area contributed by atoms with E-state index in [1.54, 1.807) is 16.4 Å². The van der Waals surface area contributed by atoms with Crippen molar-refractivity contribution in [3.8, 4) is 0 Å². The highest BCUT2D eigenvalue weighted by molar-refractivity contribution is 7.89. The second kappa shape index (κ2) is 6.99. The molecule has 0 aromatic heterocycles. The number of sulfonamides is 1. The van der Waals surface area contributed by atoms with Crippen LogP contribution in [0.2, 0.25) is 0 Å². The summed E-state index contributed by atoms with van der Waals surface area (Å²) >= 11 is 0. The fourth-order valence-electron chi connectivity index (χ4n) is 4.70. The lowest BCUT2D eigenvalue weighted by molar-refractivity contribution is 0.190. The Balaban J connectivity index is 1.41. The second-order valence-electron chi connectivity index (χ2n) is 7.71. The van der Waals surface area contributed by atoms with Crippen molar-refractivity contribution >= 4 is 10.0 Å². The van der Waals surface area contributed by atoms with Gasteiger partial charge in [0.25, 0.3) is 0 Å². The summed E-state index contributed by atoms with van der Waals surface area (Å²) in [5.74, 6) is 0. The average Bonchev–Trinajstić information content (AvgIpc) is 3.36. The van der Waals surface area contributed by atoms with E-state index in [2.05, 4.69) is 17.1 Å². The zero-order valence-electron chi connectivity index (χ0n) is 15.0. The highest BCUT2D eigenvalue weighted by Crippen LogP contribution is 2.34. The maximum atomic E-state index is 13.0. The third-order valence-electron chi connectivity index (χ3n) is 6.19. The minimum Gasteiger partial charge on any atom is -0.310 e. The van der Waals surface area contributed by atoms with Crippen LogP contribution in [0, 0.1) is 0 Å². The van der Waals surface area contributed by atoms with Gasteiger partial charge in [-0.05, 0) is 43.5 Å². The maximum absolute atomic E-state index is 13.0. The van der Waals surface area contributed by atoms with Crippen LogP contribution in [-0.4, -0.2) is 55.4 Å². The normalized spacial score (nSPS) is 28.2. The van der Waals surface area contributed by atoms with Gasteiger partial charge in [0.05, 0.1) is 4.90 Å². The summed E-state index contributed by atoms with van der Waals surface area (Å²) in [6.45, 7) is 5.51. The SMILES string of the molecule is CCN1C[C@H]2C[C@@H]1CN2S(=O)(=O)c1ccc(CNC2CCCC2)cc1.